The predicted octanol–water partition coefficient (Wildman–Crippen LogP) is 5.19. The molecule has 0 bridgehead atoms. The van der Waals surface area contributed by atoms with Crippen LogP contribution < -0.4 is 0 Å². The van der Waals surface area contributed by atoms with Crippen LogP contribution in [0.3, 0.4) is 0 Å². The molecule has 1 aromatic rings. The van der Waals surface area contributed by atoms with Gasteiger partial charge in [0.15, 0.2) is 0 Å². The molecule has 0 aliphatic heterocycles. The van der Waals surface area contributed by atoms with Gasteiger partial charge in [-0.1, -0.05) is 88.6 Å². The molecule has 6 heteroatoms. The Kier molecular flexibility index (Phi) is 11.6. The van der Waals surface area contributed by atoms with E-state index in [9.17, 15) is 18.1 Å². The monoisotopic (exact) mass is 442 g/mol. The molecule has 5 nitrogen and oxygen atoms in total. The van der Waals surface area contributed by atoms with Crippen LogP contribution in [0.4, 0.5) is 0 Å². The van der Waals surface area contributed by atoms with Crippen LogP contribution >= 0.6 is 0 Å². The quantitative estimate of drug-likeness (QED) is 0.210. The van der Waals surface area contributed by atoms with E-state index in [0.717, 1.165) is 24.8 Å². The maximum Gasteiger partial charge on any atom is 0.325 e. The van der Waals surface area contributed by atoms with Crippen molar-refractivity contribution in [3.8, 4) is 0 Å². The maximum absolute atomic E-state index is 12.6. The first kappa shape index (κ1) is 27.1. The average molecular weight is 443 g/mol. The van der Waals surface area contributed by atoms with E-state index in [1.165, 1.54) is 51.9 Å². The number of hydrogen-bond donors (Lipinski definition) is 2. The van der Waals surface area contributed by atoms with E-state index in [1.54, 1.807) is 14.1 Å². The molecule has 0 radical (unpaired) electrons. The molecule has 0 aliphatic rings. The highest BCUT2D eigenvalue weighted by Crippen LogP contribution is 2.35. The molecule has 174 valence electrons. The number of unbranched alkanes of at least 4 members (excludes halogenated alkanes) is 9. The van der Waals surface area contributed by atoms with Crippen LogP contribution in [-0.4, -0.2) is 54.2 Å². The number of benzene rings is 1. The molecule has 2 atom stereocenters. The van der Waals surface area contributed by atoms with Crippen LogP contribution in [-0.2, 0) is 16.5 Å². The van der Waals surface area contributed by atoms with Gasteiger partial charge in [0.1, 0.15) is 6.10 Å². The third-order valence-electron chi connectivity index (χ3n) is 6.50. The van der Waals surface area contributed by atoms with Crippen molar-refractivity contribution in [3.05, 3.63) is 35.9 Å². The minimum Gasteiger partial charge on any atom is -0.386 e. The first-order chi connectivity index (χ1) is 14.1. The first-order valence-electron chi connectivity index (χ1n) is 11.6. The Bertz CT molecular complexity index is 688. The van der Waals surface area contributed by atoms with Gasteiger partial charge in [0, 0.05) is 6.42 Å². The van der Waals surface area contributed by atoms with Crippen LogP contribution in [0.5, 0.6) is 0 Å². The summed E-state index contributed by atoms with van der Waals surface area (Å²) in [6, 6.07) is 9.22. The molecule has 2 N–H and O–H groups in total. The zero-order valence-electron chi connectivity index (χ0n) is 19.5. The molecular formula is C24H44NO4S+. The van der Waals surface area contributed by atoms with Crippen molar-refractivity contribution in [2.75, 3.05) is 20.6 Å². The van der Waals surface area contributed by atoms with E-state index in [1.807, 2.05) is 30.3 Å². The van der Waals surface area contributed by atoms with Crippen LogP contribution in [0, 0.1) is 0 Å². The normalized spacial score (nSPS) is 15.7. The Morgan fingerprint density at radius 2 is 1.37 bits per heavy atom. The van der Waals surface area contributed by atoms with Crippen LogP contribution in [0.15, 0.2) is 30.3 Å². The Balaban J connectivity index is 2.70. The summed E-state index contributed by atoms with van der Waals surface area (Å²) in [5, 5.41) is 10.6. The number of nitrogens with zero attached hydrogens (tertiary/aromatic N) is 1. The summed E-state index contributed by atoms with van der Waals surface area (Å²) in [7, 11) is -0.916. The largest absolute Gasteiger partial charge is 0.386 e. The molecule has 0 saturated heterocycles. The minimum atomic E-state index is -4.52. The lowest BCUT2D eigenvalue weighted by Gasteiger charge is -2.48. The SMILES string of the molecule is CCCCCCCCCCCC[N+](C)(C)C(Cc1ccccc1)(C(C)O)S(=O)(=O)O. The fraction of sp³-hybridized carbons (Fsp3) is 0.750. The Morgan fingerprint density at radius 1 is 0.900 bits per heavy atom. The topological polar surface area (TPSA) is 74.6 Å². The number of quaternary nitrogens is 1. The third-order valence-corrected chi connectivity index (χ3v) is 8.37. The summed E-state index contributed by atoms with van der Waals surface area (Å²) < 4.78 is 35.5. The summed E-state index contributed by atoms with van der Waals surface area (Å²) in [4.78, 5) is -1.70. The molecule has 0 heterocycles. The number of rotatable bonds is 16. The van der Waals surface area contributed by atoms with Crippen molar-refractivity contribution in [1.82, 2.24) is 0 Å². The predicted molar refractivity (Wildman–Crippen MR) is 125 cm³/mol. The van der Waals surface area contributed by atoms with Gasteiger partial charge in [0.2, 0.25) is 0 Å². The summed E-state index contributed by atoms with van der Waals surface area (Å²) in [5.41, 5.74) is 0.783. The Morgan fingerprint density at radius 3 is 1.80 bits per heavy atom. The van der Waals surface area contributed by atoms with Crippen molar-refractivity contribution in [1.29, 1.82) is 0 Å². The highest BCUT2D eigenvalue weighted by molar-refractivity contribution is 7.87. The molecule has 30 heavy (non-hydrogen) atoms. The lowest BCUT2D eigenvalue weighted by atomic mass is 9.97. The molecule has 0 saturated carbocycles. The lowest BCUT2D eigenvalue weighted by molar-refractivity contribution is -0.930. The van der Waals surface area contributed by atoms with Crippen LogP contribution in [0.1, 0.15) is 83.6 Å². The van der Waals surface area contributed by atoms with Gasteiger partial charge < -0.3 is 9.59 Å². The van der Waals surface area contributed by atoms with E-state index < -0.39 is 21.1 Å². The standard InChI is InChI=1S/C24H43NO4S/c1-5-6-7-8-9-10-11-12-13-17-20-25(3,4)24(22(2)26,30(27,28)29)21-23-18-15-14-16-19-23/h14-16,18-19,22,26H,5-13,17,20-21H2,1-4H3/p+1. The van der Waals surface area contributed by atoms with Gasteiger partial charge in [0.05, 0.1) is 20.6 Å². The zero-order valence-corrected chi connectivity index (χ0v) is 20.3. The lowest BCUT2D eigenvalue weighted by Crippen LogP contribution is -2.70. The molecule has 0 aromatic heterocycles. The fourth-order valence-corrected chi connectivity index (χ4v) is 6.05. The van der Waals surface area contributed by atoms with E-state index in [2.05, 4.69) is 6.92 Å². The van der Waals surface area contributed by atoms with Gasteiger partial charge >= 0.3 is 10.1 Å². The van der Waals surface area contributed by atoms with Gasteiger partial charge in [-0.05, 0) is 25.3 Å². The zero-order chi connectivity index (χ0) is 22.7. The van der Waals surface area contributed by atoms with E-state index >= 15 is 0 Å². The fourth-order valence-electron chi connectivity index (χ4n) is 4.56. The summed E-state index contributed by atoms with van der Waals surface area (Å²) >= 11 is 0. The molecule has 0 spiro atoms. The van der Waals surface area contributed by atoms with Gasteiger partial charge in [-0.25, -0.2) is 0 Å². The second kappa shape index (κ2) is 12.8. The van der Waals surface area contributed by atoms with Crippen molar-refractivity contribution in [2.24, 2.45) is 0 Å². The number of hydrogen-bond acceptors (Lipinski definition) is 3. The molecule has 0 aliphatic carbocycles. The first-order valence-corrected chi connectivity index (χ1v) is 13.0. The van der Waals surface area contributed by atoms with Gasteiger partial charge in [0.25, 0.3) is 4.87 Å². The maximum atomic E-state index is 12.6. The number of aliphatic hydroxyl groups excluding tert-OH is 1. The summed E-state index contributed by atoms with van der Waals surface area (Å²) in [6.07, 6.45) is 10.9. The molecule has 0 amide bonds. The molecule has 1 rings (SSSR count). The highest BCUT2D eigenvalue weighted by atomic mass is 32.2. The van der Waals surface area contributed by atoms with E-state index in [4.69, 9.17) is 0 Å². The number of likely N-dealkylation sites (N-methyl/N-ethyl adjacent to an activating group) is 1. The van der Waals surface area contributed by atoms with Crippen molar-refractivity contribution >= 4 is 10.1 Å². The highest BCUT2D eigenvalue weighted by Gasteiger charge is 2.59. The summed E-state index contributed by atoms with van der Waals surface area (Å²) in [6.45, 7) is 4.28. The van der Waals surface area contributed by atoms with Crippen molar-refractivity contribution in [3.63, 3.8) is 0 Å². The number of aliphatic hydroxyl groups is 1. The summed E-state index contributed by atoms with van der Waals surface area (Å²) in [5.74, 6) is 0. The Hall–Kier alpha value is -0.950. The average Bonchev–Trinajstić information content (AvgIpc) is 2.67. The second-order valence-electron chi connectivity index (χ2n) is 9.25. The van der Waals surface area contributed by atoms with Gasteiger partial charge in [-0.3, -0.25) is 4.55 Å². The molecular weight excluding hydrogens is 398 g/mol. The van der Waals surface area contributed by atoms with E-state index in [-0.39, 0.29) is 10.9 Å². The second-order valence-corrected chi connectivity index (χ2v) is 10.9. The van der Waals surface area contributed by atoms with E-state index in [0.29, 0.717) is 6.54 Å². The van der Waals surface area contributed by atoms with Crippen molar-refractivity contribution in [2.45, 2.75) is 95.5 Å². The molecule has 0 fully saturated rings. The Labute approximate surface area is 184 Å². The smallest absolute Gasteiger partial charge is 0.325 e. The van der Waals surface area contributed by atoms with Crippen LogP contribution in [0.25, 0.3) is 0 Å². The van der Waals surface area contributed by atoms with Crippen LogP contribution in [0.2, 0.25) is 0 Å². The minimum absolute atomic E-state index is 0.0232. The van der Waals surface area contributed by atoms with Crippen molar-refractivity contribution < 1.29 is 22.6 Å². The third kappa shape index (κ3) is 7.63. The van der Waals surface area contributed by atoms with Gasteiger partial charge in [-0.2, -0.15) is 8.42 Å². The van der Waals surface area contributed by atoms with Gasteiger partial charge in [-0.15, -0.1) is 0 Å². The molecule has 1 aromatic carbocycles. The molecule has 2 unspecified atom stereocenters.